The van der Waals surface area contributed by atoms with Crippen molar-refractivity contribution in [2.24, 2.45) is 0 Å². The molecule has 26 heavy (non-hydrogen) atoms. The number of halogens is 1. The lowest BCUT2D eigenvalue weighted by Crippen LogP contribution is -2.47. The van der Waals surface area contributed by atoms with Crippen LogP contribution in [-0.4, -0.2) is 66.9 Å². The molecule has 1 aromatic carbocycles. The normalized spacial score (nSPS) is 19.9. The van der Waals surface area contributed by atoms with Gasteiger partial charge in [0.15, 0.2) is 0 Å². The Labute approximate surface area is 152 Å². The van der Waals surface area contributed by atoms with Gasteiger partial charge in [0.1, 0.15) is 5.82 Å². The number of amides is 3. The fourth-order valence-electron chi connectivity index (χ4n) is 3.31. The van der Waals surface area contributed by atoms with Crippen molar-refractivity contribution in [2.45, 2.75) is 6.04 Å². The average Bonchev–Trinajstić information content (AvgIpc) is 2.93. The van der Waals surface area contributed by atoms with Crippen molar-refractivity contribution in [3.63, 3.8) is 0 Å². The molecule has 0 aliphatic carbocycles. The minimum absolute atomic E-state index is 0.163. The van der Waals surface area contributed by atoms with Gasteiger partial charge in [-0.1, -0.05) is 24.3 Å². The summed E-state index contributed by atoms with van der Waals surface area (Å²) in [6, 6.07) is 5.09. The van der Waals surface area contributed by atoms with E-state index in [0.29, 0.717) is 43.0 Å². The Morgan fingerprint density at radius 2 is 2.08 bits per heavy atom. The van der Waals surface area contributed by atoms with E-state index >= 15 is 0 Å². The molecule has 6 nitrogen and oxygen atoms in total. The lowest BCUT2D eigenvalue weighted by atomic mass is 9.95. The van der Waals surface area contributed by atoms with Crippen LogP contribution in [-0.2, 0) is 4.79 Å². The Hall–Kier alpha value is -2.67. The number of benzene rings is 1. The van der Waals surface area contributed by atoms with E-state index in [1.54, 1.807) is 29.2 Å². The molecule has 3 amide bonds. The Morgan fingerprint density at radius 1 is 1.35 bits per heavy atom. The van der Waals surface area contributed by atoms with Crippen LogP contribution in [0.5, 0.6) is 0 Å². The van der Waals surface area contributed by atoms with E-state index in [-0.39, 0.29) is 11.9 Å². The van der Waals surface area contributed by atoms with Gasteiger partial charge in [-0.15, -0.1) is 6.58 Å². The van der Waals surface area contributed by atoms with E-state index in [2.05, 4.69) is 11.9 Å². The van der Waals surface area contributed by atoms with Crippen molar-refractivity contribution in [2.75, 3.05) is 40.3 Å². The van der Waals surface area contributed by atoms with Gasteiger partial charge >= 0.3 is 6.03 Å². The van der Waals surface area contributed by atoms with Gasteiger partial charge < -0.3 is 15.1 Å². The van der Waals surface area contributed by atoms with Crippen LogP contribution in [0.3, 0.4) is 0 Å². The molecule has 0 spiro atoms. The fraction of sp³-hybridized carbons (Fsp3) is 0.368. The van der Waals surface area contributed by atoms with Crippen molar-refractivity contribution in [3.05, 3.63) is 59.6 Å². The summed E-state index contributed by atoms with van der Waals surface area (Å²) in [6.07, 6.45) is 1.61. The molecule has 7 heteroatoms. The van der Waals surface area contributed by atoms with Gasteiger partial charge in [-0.2, -0.15) is 0 Å². The zero-order valence-electron chi connectivity index (χ0n) is 15.0. The van der Waals surface area contributed by atoms with Crippen molar-refractivity contribution < 1.29 is 14.0 Å². The monoisotopic (exact) mass is 358 g/mol. The minimum atomic E-state index is -0.781. The van der Waals surface area contributed by atoms with Gasteiger partial charge in [0.05, 0.1) is 23.9 Å². The quantitative estimate of drug-likeness (QED) is 0.788. The van der Waals surface area contributed by atoms with Crippen LogP contribution in [0.15, 0.2) is 48.2 Å². The van der Waals surface area contributed by atoms with Crippen molar-refractivity contribution >= 4 is 11.9 Å². The van der Waals surface area contributed by atoms with E-state index in [9.17, 15) is 14.0 Å². The van der Waals surface area contributed by atoms with E-state index in [1.165, 1.54) is 11.0 Å². The molecular formula is C19H23FN4O2. The molecule has 138 valence electrons. The number of nitrogens with zero attached hydrogens (tertiary/aromatic N) is 3. The Kier molecular flexibility index (Phi) is 5.08. The van der Waals surface area contributed by atoms with Gasteiger partial charge in [0, 0.05) is 25.2 Å². The summed E-state index contributed by atoms with van der Waals surface area (Å²) in [6.45, 7) is 5.57. The number of nitrogens with one attached hydrogen (secondary N) is 1. The van der Waals surface area contributed by atoms with E-state index < -0.39 is 11.9 Å². The maximum atomic E-state index is 14.3. The Bertz CT molecular complexity index is 775. The Balaban J connectivity index is 2.00. The molecule has 2 aliphatic rings. The predicted molar refractivity (Wildman–Crippen MR) is 96.7 cm³/mol. The molecular weight excluding hydrogens is 335 g/mol. The summed E-state index contributed by atoms with van der Waals surface area (Å²) in [5, 5.41) is 2.78. The standard InChI is InChI=1S/C19H23FN4O2/c1-4-9-24-15-12-23(11-10-22(2)3)18(25)16(15)17(21-19(24)26)13-7-5-6-8-14(13)20/h4-8,17H,1,9-12H2,2-3H3,(H,21,26)/t17-/m0/s1. The molecule has 0 aromatic heterocycles. The summed E-state index contributed by atoms with van der Waals surface area (Å²) in [5.74, 6) is -0.606. The van der Waals surface area contributed by atoms with E-state index in [4.69, 9.17) is 0 Å². The highest BCUT2D eigenvalue weighted by Gasteiger charge is 2.44. The largest absolute Gasteiger partial charge is 0.332 e. The summed E-state index contributed by atoms with van der Waals surface area (Å²) >= 11 is 0. The van der Waals surface area contributed by atoms with Crippen molar-refractivity contribution in [3.8, 4) is 0 Å². The van der Waals surface area contributed by atoms with Gasteiger partial charge in [-0.05, 0) is 20.2 Å². The highest BCUT2D eigenvalue weighted by atomic mass is 19.1. The molecule has 2 heterocycles. The topological polar surface area (TPSA) is 55.9 Å². The number of hydrogen-bond acceptors (Lipinski definition) is 3. The number of urea groups is 1. The van der Waals surface area contributed by atoms with Crippen molar-refractivity contribution in [1.82, 2.24) is 20.0 Å². The SMILES string of the molecule is C=CCN1C(=O)N[C@@H](c2ccccc2F)C2=C1CN(CCN(C)C)C2=O. The first-order valence-electron chi connectivity index (χ1n) is 8.54. The van der Waals surface area contributed by atoms with Crippen molar-refractivity contribution in [1.29, 1.82) is 0 Å². The molecule has 0 fully saturated rings. The fourth-order valence-corrected chi connectivity index (χ4v) is 3.31. The molecule has 1 N–H and O–H groups in total. The molecule has 1 aromatic rings. The van der Waals surface area contributed by atoms with E-state index in [0.717, 1.165) is 0 Å². The number of carbonyl (C=O) groups excluding carboxylic acids is 2. The summed E-state index contributed by atoms with van der Waals surface area (Å²) in [7, 11) is 3.87. The second-order valence-corrected chi connectivity index (χ2v) is 6.69. The zero-order valence-corrected chi connectivity index (χ0v) is 15.0. The summed E-state index contributed by atoms with van der Waals surface area (Å²) < 4.78 is 14.3. The highest BCUT2D eigenvalue weighted by molar-refractivity contribution is 6.01. The summed E-state index contributed by atoms with van der Waals surface area (Å²) in [4.78, 5) is 30.8. The average molecular weight is 358 g/mol. The number of carbonyl (C=O) groups is 2. The second-order valence-electron chi connectivity index (χ2n) is 6.69. The molecule has 2 aliphatic heterocycles. The molecule has 0 saturated heterocycles. The van der Waals surface area contributed by atoms with Crippen LogP contribution in [0.2, 0.25) is 0 Å². The molecule has 1 atom stereocenters. The molecule has 0 radical (unpaired) electrons. The maximum absolute atomic E-state index is 14.3. The lowest BCUT2D eigenvalue weighted by Gasteiger charge is -2.33. The first-order valence-corrected chi connectivity index (χ1v) is 8.54. The zero-order chi connectivity index (χ0) is 18.8. The third-order valence-corrected chi connectivity index (χ3v) is 4.64. The van der Waals surface area contributed by atoms with Gasteiger partial charge in [0.25, 0.3) is 5.91 Å². The van der Waals surface area contributed by atoms with E-state index in [1.807, 2.05) is 19.0 Å². The van der Waals surface area contributed by atoms with Crippen LogP contribution in [0.25, 0.3) is 0 Å². The first kappa shape index (κ1) is 18.1. The third-order valence-electron chi connectivity index (χ3n) is 4.64. The molecule has 0 saturated carbocycles. The molecule has 0 unspecified atom stereocenters. The molecule has 3 rings (SSSR count). The minimum Gasteiger partial charge on any atom is -0.332 e. The maximum Gasteiger partial charge on any atom is 0.322 e. The smallest absolute Gasteiger partial charge is 0.322 e. The second kappa shape index (κ2) is 7.29. The Morgan fingerprint density at radius 3 is 2.73 bits per heavy atom. The number of likely N-dealkylation sites (N-methyl/N-ethyl adjacent to an activating group) is 1. The van der Waals surface area contributed by atoms with Gasteiger partial charge in [0.2, 0.25) is 0 Å². The van der Waals surface area contributed by atoms with Crippen LogP contribution in [0, 0.1) is 5.82 Å². The van der Waals surface area contributed by atoms with Crippen LogP contribution in [0.1, 0.15) is 11.6 Å². The number of rotatable bonds is 6. The van der Waals surface area contributed by atoms with Crippen LogP contribution < -0.4 is 5.32 Å². The highest BCUT2D eigenvalue weighted by Crippen LogP contribution is 2.36. The lowest BCUT2D eigenvalue weighted by molar-refractivity contribution is -0.125. The third kappa shape index (κ3) is 3.22. The van der Waals surface area contributed by atoms with Crippen LogP contribution >= 0.6 is 0 Å². The predicted octanol–water partition coefficient (Wildman–Crippen LogP) is 1.74. The first-order chi connectivity index (χ1) is 12.4. The van der Waals surface area contributed by atoms with Crippen LogP contribution in [0.4, 0.5) is 9.18 Å². The summed E-state index contributed by atoms with van der Waals surface area (Å²) in [5.41, 5.74) is 1.37. The number of hydrogen-bond donors (Lipinski definition) is 1. The van der Waals surface area contributed by atoms with Gasteiger partial charge in [-0.3, -0.25) is 9.69 Å². The molecule has 0 bridgehead atoms. The van der Waals surface area contributed by atoms with Gasteiger partial charge in [-0.25, -0.2) is 9.18 Å².